The summed E-state index contributed by atoms with van der Waals surface area (Å²) < 4.78 is 1.75. The second kappa shape index (κ2) is 7.48. The van der Waals surface area contributed by atoms with Gasteiger partial charge in [-0.2, -0.15) is 5.10 Å². The average Bonchev–Trinajstić information content (AvgIpc) is 2.95. The molecule has 134 valence electrons. The number of aromatic nitrogens is 3. The molecule has 0 aliphatic heterocycles. The quantitative estimate of drug-likeness (QED) is 0.705. The van der Waals surface area contributed by atoms with Gasteiger partial charge in [0.15, 0.2) is 5.82 Å². The van der Waals surface area contributed by atoms with E-state index in [0.717, 1.165) is 17.0 Å². The normalized spacial score (nSPS) is 12.0. The molecule has 0 aliphatic carbocycles. The van der Waals surface area contributed by atoms with E-state index >= 15 is 0 Å². The smallest absolute Gasteiger partial charge is 0.253 e. The molecule has 0 bridgehead atoms. The van der Waals surface area contributed by atoms with Gasteiger partial charge in [-0.05, 0) is 56.7 Å². The summed E-state index contributed by atoms with van der Waals surface area (Å²) in [4.78, 5) is 16.8. The molecule has 2 heterocycles. The first kappa shape index (κ1) is 18.4. The molecule has 2 aromatic heterocycles. The highest BCUT2D eigenvalue weighted by molar-refractivity contribution is 6.42. The van der Waals surface area contributed by atoms with Gasteiger partial charge in [0.2, 0.25) is 0 Å². The summed E-state index contributed by atoms with van der Waals surface area (Å²) in [5, 5.41) is 8.26. The Balaban J connectivity index is 1.73. The number of carbonyl (C=O) groups excluding carboxylic acids is 1. The highest BCUT2D eigenvalue weighted by Gasteiger charge is 2.14. The number of hydrogen-bond donors (Lipinski definition) is 1. The first-order valence-corrected chi connectivity index (χ1v) is 8.86. The van der Waals surface area contributed by atoms with Crippen molar-refractivity contribution in [2.45, 2.75) is 26.8 Å². The highest BCUT2D eigenvalue weighted by Crippen LogP contribution is 2.25. The van der Waals surface area contributed by atoms with E-state index in [1.165, 1.54) is 0 Å². The number of aryl methyl sites for hydroxylation is 2. The van der Waals surface area contributed by atoms with Crippen molar-refractivity contribution in [1.29, 1.82) is 0 Å². The molecule has 1 amide bonds. The molecule has 0 saturated carbocycles. The van der Waals surface area contributed by atoms with Gasteiger partial charge in [-0.1, -0.05) is 29.3 Å². The Morgan fingerprint density at radius 3 is 2.46 bits per heavy atom. The van der Waals surface area contributed by atoms with E-state index in [1.54, 1.807) is 35.1 Å². The topological polar surface area (TPSA) is 59.8 Å². The van der Waals surface area contributed by atoms with Crippen LogP contribution >= 0.6 is 23.2 Å². The van der Waals surface area contributed by atoms with E-state index < -0.39 is 0 Å². The lowest BCUT2D eigenvalue weighted by Crippen LogP contribution is -2.26. The van der Waals surface area contributed by atoms with Crippen molar-refractivity contribution in [3.05, 3.63) is 75.2 Å². The Hall–Kier alpha value is -2.37. The first-order chi connectivity index (χ1) is 12.3. The van der Waals surface area contributed by atoms with Crippen LogP contribution in [0.25, 0.3) is 5.82 Å². The second-order valence-electron chi connectivity index (χ2n) is 6.11. The Morgan fingerprint density at radius 1 is 1.12 bits per heavy atom. The molecule has 0 aliphatic rings. The van der Waals surface area contributed by atoms with E-state index in [4.69, 9.17) is 23.2 Å². The van der Waals surface area contributed by atoms with Crippen molar-refractivity contribution in [3.8, 4) is 5.82 Å². The summed E-state index contributed by atoms with van der Waals surface area (Å²) in [6.45, 7) is 5.77. The third-order valence-corrected chi connectivity index (χ3v) is 4.77. The Bertz CT molecular complexity index is 951. The molecule has 5 nitrogen and oxygen atoms in total. The summed E-state index contributed by atoms with van der Waals surface area (Å²) in [5.41, 5.74) is 3.25. The van der Waals surface area contributed by atoms with Gasteiger partial charge >= 0.3 is 0 Å². The minimum Gasteiger partial charge on any atom is -0.345 e. The van der Waals surface area contributed by atoms with Crippen LogP contribution in [0.1, 0.15) is 40.3 Å². The van der Waals surface area contributed by atoms with E-state index in [9.17, 15) is 4.79 Å². The van der Waals surface area contributed by atoms with Crippen LogP contribution in [0, 0.1) is 13.8 Å². The first-order valence-electron chi connectivity index (χ1n) is 8.10. The van der Waals surface area contributed by atoms with E-state index in [1.807, 2.05) is 32.9 Å². The van der Waals surface area contributed by atoms with Crippen LogP contribution in [0.5, 0.6) is 0 Å². The van der Waals surface area contributed by atoms with Crippen LogP contribution in [0.3, 0.4) is 0 Å². The minimum absolute atomic E-state index is 0.212. The van der Waals surface area contributed by atoms with Crippen molar-refractivity contribution >= 4 is 29.1 Å². The van der Waals surface area contributed by atoms with E-state index in [2.05, 4.69) is 15.4 Å². The summed E-state index contributed by atoms with van der Waals surface area (Å²) in [6, 6.07) is 10.6. The second-order valence-corrected chi connectivity index (χ2v) is 6.93. The van der Waals surface area contributed by atoms with Gasteiger partial charge in [-0.3, -0.25) is 4.79 Å². The zero-order chi connectivity index (χ0) is 18.8. The fourth-order valence-corrected chi connectivity index (χ4v) is 2.96. The predicted molar refractivity (Wildman–Crippen MR) is 103 cm³/mol. The van der Waals surface area contributed by atoms with Gasteiger partial charge in [0.1, 0.15) is 0 Å². The average molecular weight is 389 g/mol. The lowest BCUT2D eigenvalue weighted by atomic mass is 10.1. The summed E-state index contributed by atoms with van der Waals surface area (Å²) in [6.07, 6.45) is 1.54. The summed E-state index contributed by atoms with van der Waals surface area (Å²) in [7, 11) is 0. The zero-order valence-corrected chi connectivity index (χ0v) is 16.1. The number of nitrogens with one attached hydrogen (secondary N) is 1. The molecular weight excluding hydrogens is 371 g/mol. The molecule has 0 spiro atoms. The Kier molecular flexibility index (Phi) is 5.30. The van der Waals surface area contributed by atoms with Crippen LogP contribution < -0.4 is 5.32 Å². The third kappa shape index (κ3) is 3.89. The molecule has 1 aromatic carbocycles. The standard InChI is InChI=1S/C19H18Cl2N4O/c1-11-8-12(2)25(24-11)18-7-5-15(10-22-18)19(26)23-13(3)14-4-6-16(20)17(21)9-14/h4-10,13H,1-3H3,(H,23,26). The van der Waals surface area contributed by atoms with Gasteiger partial charge in [0.25, 0.3) is 5.91 Å². The number of pyridine rings is 1. The van der Waals surface area contributed by atoms with E-state index in [0.29, 0.717) is 21.4 Å². The lowest BCUT2D eigenvalue weighted by molar-refractivity contribution is 0.0939. The van der Waals surface area contributed by atoms with Crippen molar-refractivity contribution in [2.24, 2.45) is 0 Å². The van der Waals surface area contributed by atoms with Crippen LogP contribution in [-0.4, -0.2) is 20.7 Å². The summed E-state index contributed by atoms with van der Waals surface area (Å²) in [5.74, 6) is 0.459. The molecule has 26 heavy (non-hydrogen) atoms. The number of amides is 1. The molecule has 3 rings (SSSR count). The van der Waals surface area contributed by atoms with Crippen molar-refractivity contribution in [1.82, 2.24) is 20.1 Å². The number of benzene rings is 1. The fraction of sp³-hybridized carbons (Fsp3) is 0.211. The molecule has 3 aromatic rings. The molecule has 7 heteroatoms. The molecule has 1 N–H and O–H groups in total. The van der Waals surface area contributed by atoms with Gasteiger partial charge in [-0.15, -0.1) is 0 Å². The molecule has 1 unspecified atom stereocenters. The number of halogens is 2. The zero-order valence-electron chi connectivity index (χ0n) is 14.6. The summed E-state index contributed by atoms with van der Waals surface area (Å²) >= 11 is 12.0. The third-order valence-electron chi connectivity index (χ3n) is 4.03. The maximum Gasteiger partial charge on any atom is 0.253 e. The Labute approximate surface area is 162 Å². The number of rotatable bonds is 4. The number of hydrogen-bond acceptors (Lipinski definition) is 3. The monoisotopic (exact) mass is 388 g/mol. The maximum absolute atomic E-state index is 12.5. The molecule has 1 atom stereocenters. The minimum atomic E-state index is -0.215. The van der Waals surface area contributed by atoms with Gasteiger partial charge < -0.3 is 5.32 Å². The predicted octanol–water partition coefficient (Wildman–Crippen LogP) is 4.68. The van der Waals surface area contributed by atoms with Crippen molar-refractivity contribution in [2.75, 3.05) is 0 Å². The van der Waals surface area contributed by atoms with Crippen LogP contribution in [0.4, 0.5) is 0 Å². The van der Waals surface area contributed by atoms with Crippen molar-refractivity contribution in [3.63, 3.8) is 0 Å². The largest absolute Gasteiger partial charge is 0.345 e. The molecular formula is C19H18Cl2N4O. The van der Waals surface area contributed by atoms with Gasteiger partial charge in [-0.25, -0.2) is 9.67 Å². The maximum atomic E-state index is 12.5. The molecule has 0 saturated heterocycles. The Morgan fingerprint density at radius 2 is 1.88 bits per heavy atom. The fourth-order valence-electron chi connectivity index (χ4n) is 2.65. The van der Waals surface area contributed by atoms with Crippen LogP contribution in [-0.2, 0) is 0 Å². The number of carbonyl (C=O) groups is 1. The van der Waals surface area contributed by atoms with Crippen molar-refractivity contribution < 1.29 is 4.79 Å². The highest BCUT2D eigenvalue weighted by atomic mass is 35.5. The molecule has 0 radical (unpaired) electrons. The van der Waals surface area contributed by atoms with E-state index in [-0.39, 0.29) is 11.9 Å². The molecule has 0 fully saturated rings. The SMILES string of the molecule is Cc1cc(C)n(-c2ccc(C(=O)NC(C)c3ccc(Cl)c(Cl)c3)cn2)n1. The van der Waals surface area contributed by atoms with Crippen LogP contribution in [0.15, 0.2) is 42.6 Å². The lowest BCUT2D eigenvalue weighted by Gasteiger charge is -2.15. The van der Waals surface area contributed by atoms with Crippen LogP contribution in [0.2, 0.25) is 10.0 Å². The van der Waals surface area contributed by atoms with Gasteiger partial charge in [0.05, 0.1) is 27.3 Å². The van der Waals surface area contributed by atoms with Gasteiger partial charge in [0, 0.05) is 11.9 Å². The number of nitrogens with zero attached hydrogens (tertiary/aromatic N) is 3.